The van der Waals surface area contributed by atoms with E-state index in [1.165, 1.54) is 12.1 Å². The predicted molar refractivity (Wildman–Crippen MR) is 75.1 cm³/mol. The number of rotatable bonds is 4. The number of hydrogen-bond acceptors (Lipinski definition) is 2. The van der Waals surface area contributed by atoms with E-state index in [1.54, 1.807) is 30.5 Å². The molecule has 1 aliphatic rings. The Kier molecular flexibility index (Phi) is 3.35. The third kappa shape index (κ3) is 2.36. The Bertz CT molecular complexity index is 603. The molecule has 0 atom stereocenters. The number of pyridine rings is 1. The lowest BCUT2D eigenvalue weighted by atomic mass is 9.62. The zero-order valence-electron chi connectivity index (χ0n) is 11.2. The summed E-state index contributed by atoms with van der Waals surface area (Å²) in [6.07, 6.45) is 5.18. The Morgan fingerprint density at radius 2 is 1.90 bits per heavy atom. The minimum absolute atomic E-state index is 0.0645. The van der Waals surface area contributed by atoms with Crippen LogP contribution in [0.5, 0.6) is 0 Å². The molecule has 2 nitrogen and oxygen atoms in total. The van der Waals surface area contributed by atoms with Crippen molar-refractivity contribution < 1.29 is 9.18 Å². The lowest BCUT2D eigenvalue weighted by Crippen LogP contribution is -2.36. The van der Waals surface area contributed by atoms with E-state index in [4.69, 9.17) is 0 Å². The van der Waals surface area contributed by atoms with Gasteiger partial charge in [-0.05, 0) is 42.7 Å². The molecular weight excluding hydrogens is 253 g/mol. The van der Waals surface area contributed by atoms with Gasteiger partial charge in [-0.25, -0.2) is 4.39 Å². The molecule has 1 saturated carbocycles. The SMILES string of the molecule is O=C(CC1(c2ccc(F)cc2)CCC1)c1ccccn1. The lowest BCUT2D eigenvalue weighted by Gasteiger charge is -2.42. The first-order chi connectivity index (χ1) is 9.70. The van der Waals surface area contributed by atoms with Crippen LogP contribution in [0.1, 0.15) is 41.7 Å². The smallest absolute Gasteiger partial charge is 0.182 e. The van der Waals surface area contributed by atoms with Gasteiger partial charge in [-0.2, -0.15) is 0 Å². The van der Waals surface area contributed by atoms with E-state index in [0.29, 0.717) is 12.1 Å². The number of nitrogens with zero attached hydrogens (tertiary/aromatic N) is 1. The molecule has 0 spiro atoms. The van der Waals surface area contributed by atoms with Gasteiger partial charge in [-0.15, -0.1) is 0 Å². The summed E-state index contributed by atoms with van der Waals surface area (Å²) in [5, 5.41) is 0. The molecule has 0 unspecified atom stereocenters. The molecule has 0 N–H and O–H groups in total. The van der Waals surface area contributed by atoms with Crippen LogP contribution in [-0.4, -0.2) is 10.8 Å². The average Bonchev–Trinajstić information content (AvgIpc) is 2.45. The number of aromatic nitrogens is 1. The van der Waals surface area contributed by atoms with Crippen molar-refractivity contribution in [1.82, 2.24) is 4.98 Å². The second kappa shape index (κ2) is 5.16. The lowest BCUT2D eigenvalue weighted by molar-refractivity contribution is 0.0900. The molecular formula is C17H16FNO. The summed E-state index contributed by atoms with van der Waals surface area (Å²) in [6.45, 7) is 0. The third-order valence-corrected chi connectivity index (χ3v) is 4.22. The van der Waals surface area contributed by atoms with Crippen LogP contribution in [0.2, 0.25) is 0 Å². The Morgan fingerprint density at radius 3 is 2.45 bits per heavy atom. The molecule has 2 aromatic rings. The molecule has 1 heterocycles. The van der Waals surface area contributed by atoms with E-state index >= 15 is 0 Å². The second-order valence-corrected chi connectivity index (χ2v) is 5.46. The molecule has 20 heavy (non-hydrogen) atoms. The van der Waals surface area contributed by atoms with Gasteiger partial charge >= 0.3 is 0 Å². The number of hydrogen-bond donors (Lipinski definition) is 0. The number of halogens is 1. The molecule has 3 heteroatoms. The number of benzene rings is 1. The Morgan fingerprint density at radius 1 is 1.15 bits per heavy atom. The fourth-order valence-corrected chi connectivity index (χ4v) is 2.90. The van der Waals surface area contributed by atoms with Crippen LogP contribution in [0.25, 0.3) is 0 Å². The normalized spacial score (nSPS) is 16.4. The quantitative estimate of drug-likeness (QED) is 0.787. The first kappa shape index (κ1) is 13.0. The summed E-state index contributed by atoms with van der Waals surface area (Å²) < 4.78 is 13.0. The van der Waals surface area contributed by atoms with Crippen molar-refractivity contribution in [3.05, 3.63) is 65.7 Å². The largest absolute Gasteiger partial charge is 0.292 e. The van der Waals surface area contributed by atoms with E-state index in [9.17, 15) is 9.18 Å². The van der Waals surface area contributed by atoms with Gasteiger partial charge in [0.15, 0.2) is 5.78 Å². The van der Waals surface area contributed by atoms with Crippen molar-refractivity contribution in [2.24, 2.45) is 0 Å². The van der Waals surface area contributed by atoms with E-state index in [0.717, 1.165) is 24.8 Å². The summed E-state index contributed by atoms with van der Waals surface area (Å²) in [6, 6.07) is 11.9. The maximum absolute atomic E-state index is 13.0. The van der Waals surface area contributed by atoms with Gasteiger partial charge in [0.2, 0.25) is 0 Å². The van der Waals surface area contributed by atoms with E-state index in [-0.39, 0.29) is 17.0 Å². The summed E-state index contributed by atoms with van der Waals surface area (Å²) in [5.41, 5.74) is 1.46. The molecule has 0 saturated heterocycles. The molecule has 0 aliphatic heterocycles. The molecule has 1 fully saturated rings. The maximum Gasteiger partial charge on any atom is 0.182 e. The van der Waals surface area contributed by atoms with E-state index < -0.39 is 0 Å². The fourth-order valence-electron chi connectivity index (χ4n) is 2.90. The van der Waals surface area contributed by atoms with E-state index in [2.05, 4.69) is 4.98 Å². The predicted octanol–water partition coefficient (Wildman–Crippen LogP) is 3.92. The summed E-state index contributed by atoms with van der Waals surface area (Å²) in [7, 11) is 0. The van der Waals surface area contributed by atoms with Crippen LogP contribution >= 0.6 is 0 Å². The van der Waals surface area contributed by atoms with Gasteiger partial charge in [0.1, 0.15) is 11.5 Å². The van der Waals surface area contributed by atoms with Gasteiger partial charge in [-0.1, -0.05) is 24.6 Å². The highest BCUT2D eigenvalue weighted by molar-refractivity contribution is 5.95. The molecule has 1 aromatic heterocycles. The fraction of sp³-hybridized carbons (Fsp3) is 0.294. The van der Waals surface area contributed by atoms with Crippen molar-refractivity contribution in [3.63, 3.8) is 0 Å². The molecule has 0 radical (unpaired) electrons. The highest BCUT2D eigenvalue weighted by Gasteiger charge is 2.40. The van der Waals surface area contributed by atoms with Gasteiger partial charge in [0.25, 0.3) is 0 Å². The molecule has 0 bridgehead atoms. The van der Waals surface area contributed by atoms with Gasteiger partial charge in [0, 0.05) is 18.0 Å². The number of ketones is 1. The Hall–Kier alpha value is -2.03. The van der Waals surface area contributed by atoms with Gasteiger partial charge < -0.3 is 0 Å². The number of carbonyl (C=O) groups excluding carboxylic acids is 1. The van der Waals surface area contributed by atoms with Crippen molar-refractivity contribution in [1.29, 1.82) is 0 Å². The highest BCUT2D eigenvalue weighted by atomic mass is 19.1. The van der Waals surface area contributed by atoms with Gasteiger partial charge in [-0.3, -0.25) is 9.78 Å². The van der Waals surface area contributed by atoms with Crippen LogP contribution in [0.15, 0.2) is 48.7 Å². The van der Waals surface area contributed by atoms with Crippen LogP contribution in [0.4, 0.5) is 4.39 Å². The van der Waals surface area contributed by atoms with Crippen LogP contribution in [-0.2, 0) is 5.41 Å². The van der Waals surface area contributed by atoms with Crippen LogP contribution in [0, 0.1) is 5.82 Å². The minimum atomic E-state index is -0.237. The monoisotopic (exact) mass is 269 g/mol. The molecule has 0 amide bonds. The third-order valence-electron chi connectivity index (χ3n) is 4.22. The minimum Gasteiger partial charge on any atom is -0.292 e. The average molecular weight is 269 g/mol. The highest BCUT2D eigenvalue weighted by Crippen LogP contribution is 2.47. The topological polar surface area (TPSA) is 30.0 Å². The van der Waals surface area contributed by atoms with Crippen LogP contribution < -0.4 is 0 Å². The molecule has 3 rings (SSSR count). The zero-order valence-corrected chi connectivity index (χ0v) is 11.2. The Labute approximate surface area is 117 Å². The van der Waals surface area contributed by atoms with Crippen molar-refractivity contribution >= 4 is 5.78 Å². The summed E-state index contributed by atoms with van der Waals surface area (Å²) >= 11 is 0. The first-order valence-corrected chi connectivity index (χ1v) is 6.90. The number of carbonyl (C=O) groups is 1. The van der Waals surface area contributed by atoms with Crippen molar-refractivity contribution in [2.75, 3.05) is 0 Å². The molecule has 1 aromatic carbocycles. The maximum atomic E-state index is 13.0. The molecule has 102 valence electrons. The zero-order chi connectivity index (χ0) is 14.0. The first-order valence-electron chi connectivity index (χ1n) is 6.90. The summed E-state index contributed by atoms with van der Waals surface area (Å²) in [5.74, 6) is -0.172. The standard InChI is InChI=1S/C17H16FNO/c18-14-7-5-13(6-8-14)17(9-3-10-17)12-16(20)15-4-1-2-11-19-15/h1-2,4-8,11H,3,9-10,12H2. The van der Waals surface area contributed by atoms with Crippen LogP contribution in [0.3, 0.4) is 0 Å². The summed E-state index contributed by atoms with van der Waals surface area (Å²) in [4.78, 5) is 16.5. The van der Waals surface area contributed by atoms with E-state index in [1.807, 2.05) is 6.07 Å². The second-order valence-electron chi connectivity index (χ2n) is 5.46. The van der Waals surface area contributed by atoms with Crippen molar-refractivity contribution in [3.8, 4) is 0 Å². The molecule has 1 aliphatic carbocycles. The number of Topliss-reactive ketones (excluding diaryl/α,β-unsaturated/α-hetero) is 1. The Balaban J connectivity index is 1.83. The van der Waals surface area contributed by atoms with Crippen molar-refractivity contribution in [2.45, 2.75) is 31.1 Å². The van der Waals surface area contributed by atoms with Gasteiger partial charge in [0.05, 0.1) is 0 Å².